The number of amides is 1. The monoisotopic (exact) mass is 346 g/mol. The van der Waals surface area contributed by atoms with Crippen LogP contribution in [0.3, 0.4) is 0 Å². The highest BCUT2D eigenvalue weighted by atomic mass is 16.3. The third-order valence-corrected chi connectivity index (χ3v) is 5.00. The highest BCUT2D eigenvalue weighted by Crippen LogP contribution is 2.29. The fourth-order valence-electron chi connectivity index (χ4n) is 3.66. The summed E-state index contributed by atoms with van der Waals surface area (Å²) in [6.07, 6.45) is 7.35. The number of piperidine rings is 1. The summed E-state index contributed by atoms with van der Waals surface area (Å²) < 4.78 is 7.80. The number of hydrogen-bond donors (Lipinski definition) is 0. The topological polar surface area (TPSA) is 63.6 Å². The van der Waals surface area contributed by atoms with Crippen molar-refractivity contribution in [1.29, 1.82) is 0 Å². The number of carbonyl (C=O) groups is 1. The maximum atomic E-state index is 13.0. The van der Waals surface area contributed by atoms with Crippen molar-refractivity contribution in [2.75, 3.05) is 13.1 Å². The van der Waals surface area contributed by atoms with E-state index in [1.54, 1.807) is 6.20 Å². The Balaban J connectivity index is 1.40. The molecule has 0 aliphatic carbocycles. The Kier molecular flexibility index (Phi) is 3.48. The van der Waals surface area contributed by atoms with E-state index in [4.69, 9.17) is 4.42 Å². The molecule has 1 atom stereocenters. The Morgan fingerprint density at radius 3 is 3.04 bits per heavy atom. The number of likely N-dealkylation sites (tertiary alicyclic amines) is 1. The smallest absolute Gasteiger partial charge is 0.255 e. The molecule has 26 heavy (non-hydrogen) atoms. The van der Waals surface area contributed by atoms with Crippen molar-refractivity contribution in [2.24, 2.45) is 0 Å². The Morgan fingerprint density at radius 1 is 1.19 bits per heavy atom. The van der Waals surface area contributed by atoms with Crippen LogP contribution in [0, 0.1) is 0 Å². The number of aromatic nitrogens is 3. The number of benzene rings is 1. The summed E-state index contributed by atoms with van der Waals surface area (Å²) in [7, 11) is 0. The molecular weight excluding hydrogens is 328 g/mol. The van der Waals surface area contributed by atoms with Crippen molar-refractivity contribution >= 4 is 22.7 Å². The van der Waals surface area contributed by atoms with Gasteiger partial charge in [0.1, 0.15) is 11.2 Å². The van der Waals surface area contributed by atoms with E-state index in [1.165, 1.54) is 0 Å². The van der Waals surface area contributed by atoms with Crippen molar-refractivity contribution in [3.8, 4) is 0 Å². The zero-order valence-corrected chi connectivity index (χ0v) is 14.2. The molecule has 4 aromatic rings. The van der Waals surface area contributed by atoms with Gasteiger partial charge in [-0.2, -0.15) is 0 Å². The minimum absolute atomic E-state index is 0.0430. The minimum atomic E-state index is 0.0430. The number of oxazole rings is 1. The molecule has 1 aliphatic rings. The largest absolute Gasteiger partial charge is 0.440 e. The van der Waals surface area contributed by atoms with Gasteiger partial charge in [-0.05, 0) is 37.1 Å². The maximum Gasteiger partial charge on any atom is 0.255 e. The summed E-state index contributed by atoms with van der Waals surface area (Å²) >= 11 is 0. The Bertz CT molecular complexity index is 1060. The standard InChI is InChI=1S/C20H18N4O2/c25-20(15-7-8-18-21-9-11-23(18)13-15)24-10-3-4-14(12-24)19-22-16-5-1-2-6-17(16)26-19/h1-2,5-9,11,13-14H,3-4,10,12H2/t14-/m1/s1. The highest BCUT2D eigenvalue weighted by Gasteiger charge is 2.28. The van der Waals surface area contributed by atoms with E-state index >= 15 is 0 Å². The van der Waals surface area contributed by atoms with Crippen molar-refractivity contribution in [1.82, 2.24) is 19.3 Å². The van der Waals surface area contributed by atoms with Gasteiger partial charge in [0.2, 0.25) is 0 Å². The van der Waals surface area contributed by atoms with Crippen LogP contribution in [0.25, 0.3) is 16.7 Å². The summed E-state index contributed by atoms with van der Waals surface area (Å²) in [5.74, 6) is 0.909. The predicted octanol–water partition coefficient (Wildman–Crippen LogP) is 3.50. The second kappa shape index (κ2) is 5.98. The van der Waals surface area contributed by atoms with Crippen LogP contribution in [0.15, 0.2) is 59.4 Å². The van der Waals surface area contributed by atoms with Crippen molar-refractivity contribution < 1.29 is 9.21 Å². The highest BCUT2D eigenvalue weighted by molar-refractivity contribution is 5.94. The first-order valence-corrected chi connectivity index (χ1v) is 8.85. The normalized spacial score (nSPS) is 17.8. The molecule has 0 N–H and O–H groups in total. The average Bonchev–Trinajstić information content (AvgIpc) is 3.33. The van der Waals surface area contributed by atoms with Crippen LogP contribution in [0.4, 0.5) is 0 Å². The minimum Gasteiger partial charge on any atom is -0.440 e. The number of rotatable bonds is 2. The molecule has 3 aromatic heterocycles. The lowest BCUT2D eigenvalue weighted by Gasteiger charge is -2.31. The van der Waals surface area contributed by atoms with Crippen molar-refractivity contribution in [2.45, 2.75) is 18.8 Å². The van der Waals surface area contributed by atoms with Gasteiger partial charge in [-0.25, -0.2) is 9.97 Å². The lowest BCUT2D eigenvalue weighted by molar-refractivity contribution is 0.0698. The van der Waals surface area contributed by atoms with Crippen LogP contribution < -0.4 is 0 Å². The van der Waals surface area contributed by atoms with Crippen LogP contribution in [0.2, 0.25) is 0 Å². The first kappa shape index (κ1) is 15.1. The summed E-state index contributed by atoms with van der Waals surface area (Å²) in [6, 6.07) is 11.5. The number of carbonyl (C=O) groups excluding carboxylic acids is 1. The third-order valence-electron chi connectivity index (χ3n) is 5.00. The van der Waals surface area contributed by atoms with Crippen LogP contribution in [-0.2, 0) is 0 Å². The van der Waals surface area contributed by atoms with Gasteiger partial charge in [0, 0.05) is 31.7 Å². The van der Waals surface area contributed by atoms with Crippen LogP contribution in [0.1, 0.15) is 35.0 Å². The summed E-state index contributed by atoms with van der Waals surface area (Å²) in [4.78, 5) is 23.7. The molecule has 6 nitrogen and oxygen atoms in total. The molecule has 4 heterocycles. The molecule has 0 radical (unpaired) electrons. The van der Waals surface area contributed by atoms with Crippen LogP contribution in [0.5, 0.6) is 0 Å². The zero-order chi connectivity index (χ0) is 17.5. The Hall–Kier alpha value is -3.15. The molecule has 0 saturated carbocycles. The quantitative estimate of drug-likeness (QED) is 0.557. The van der Waals surface area contributed by atoms with Gasteiger partial charge in [0.05, 0.1) is 11.5 Å². The van der Waals surface area contributed by atoms with E-state index in [0.29, 0.717) is 12.1 Å². The second-order valence-electron chi connectivity index (χ2n) is 6.72. The average molecular weight is 346 g/mol. The second-order valence-corrected chi connectivity index (χ2v) is 6.72. The number of para-hydroxylation sites is 2. The Morgan fingerprint density at radius 2 is 2.12 bits per heavy atom. The van der Waals surface area contributed by atoms with E-state index in [9.17, 15) is 4.79 Å². The van der Waals surface area contributed by atoms with E-state index in [1.807, 2.05) is 58.1 Å². The molecule has 1 fully saturated rings. The molecular formula is C20H18N4O2. The third kappa shape index (κ3) is 2.54. The molecule has 0 spiro atoms. The predicted molar refractivity (Wildman–Crippen MR) is 97.1 cm³/mol. The number of hydrogen-bond acceptors (Lipinski definition) is 4. The summed E-state index contributed by atoms with van der Waals surface area (Å²) in [5.41, 5.74) is 3.19. The SMILES string of the molecule is O=C(c1ccc2nccn2c1)N1CCC[C@@H](c2nc3ccccc3o2)C1. The lowest BCUT2D eigenvalue weighted by Crippen LogP contribution is -2.39. The van der Waals surface area contributed by atoms with Gasteiger partial charge in [-0.15, -0.1) is 0 Å². The van der Waals surface area contributed by atoms with Crippen LogP contribution >= 0.6 is 0 Å². The first-order valence-electron chi connectivity index (χ1n) is 8.85. The molecule has 1 saturated heterocycles. The van der Waals surface area contributed by atoms with Crippen molar-refractivity contribution in [3.63, 3.8) is 0 Å². The summed E-state index contributed by atoms with van der Waals surface area (Å²) in [5, 5.41) is 0. The van der Waals surface area contributed by atoms with Gasteiger partial charge < -0.3 is 13.7 Å². The first-order chi connectivity index (χ1) is 12.8. The molecule has 1 aliphatic heterocycles. The number of fused-ring (bicyclic) bond motifs is 2. The molecule has 1 aromatic carbocycles. The van der Waals surface area contributed by atoms with Gasteiger partial charge in [0.15, 0.2) is 11.5 Å². The number of pyridine rings is 1. The molecule has 6 heteroatoms. The van der Waals surface area contributed by atoms with Gasteiger partial charge in [-0.1, -0.05) is 12.1 Å². The van der Waals surface area contributed by atoms with E-state index in [0.717, 1.165) is 42.0 Å². The fraction of sp³-hybridized carbons (Fsp3) is 0.250. The maximum absolute atomic E-state index is 13.0. The molecule has 5 rings (SSSR count). The van der Waals surface area contributed by atoms with Gasteiger partial charge >= 0.3 is 0 Å². The Labute approximate surface area is 150 Å². The van der Waals surface area contributed by atoms with E-state index in [2.05, 4.69) is 9.97 Å². The fourth-order valence-corrected chi connectivity index (χ4v) is 3.66. The van der Waals surface area contributed by atoms with Gasteiger partial charge in [-0.3, -0.25) is 4.79 Å². The summed E-state index contributed by atoms with van der Waals surface area (Å²) in [6.45, 7) is 1.39. The zero-order valence-electron chi connectivity index (χ0n) is 14.2. The van der Waals surface area contributed by atoms with Gasteiger partial charge in [0.25, 0.3) is 5.91 Å². The van der Waals surface area contributed by atoms with E-state index < -0.39 is 0 Å². The molecule has 1 amide bonds. The molecule has 0 unspecified atom stereocenters. The number of imidazole rings is 1. The number of nitrogens with zero attached hydrogens (tertiary/aromatic N) is 4. The van der Waals surface area contributed by atoms with Crippen molar-refractivity contribution in [3.05, 3.63) is 66.4 Å². The van der Waals surface area contributed by atoms with Crippen LogP contribution in [-0.4, -0.2) is 38.3 Å². The molecule has 130 valence electrons. The lowest BCUT2D eigenvalue weighted by atomic mass is 9.97. The molecule has 0 bridgehead atoms. The van der Waals surface area contributed by atoms with E-state index in [-0.39, 0.29) is 11.8 Å².